The molecular formula is C16H24N2O. The molecule has 1 aromatic carbocycles. The van der Waals surface area contributed by atoms with Crippen molar-refractivity contribution in [3.05, 3.63) is 29.8 Å². The number of rotatable bonds is 3. The van der Waals surface area contributed by atoms with E-state index in [0.29, 0.717) is 18.1 Å². The topological polar surface area (TPSA) is 24.5 Å². The molecule has 3 nitrogen and oxygen atoms in total. The third-order valence-electron chi connectivity index (χ3n) is 4.62. The van der Waals surface area contributed by atoms with Gasteiger partial charge in [0.25, 0.3) is 0 Å². The SMILES string of the molecule is CC1OCCC1N(C)CC1CCNc2ccccc21. The van der Waals surface area contributed by atoms with Gasteiger partial charge in [-0.25, -0.2) is 0 Å². The highest BCUT2D eigenvalue weighted by molar-refractivity contribution is 5.54. The first-order chi connectivity index (χ1) is 9.25. The number of likely N-dealkylation sites (N-methyl/N-ethyl adjacent to an activating group) is 1. The van der Waals surface area contributed by atoms with E-state index in [1.54, 1.807) is 0 Å². The molecule has 2 heterocycles. The lowest BCUT2D eigenvalue weighted by molar-refractivity contribution is 0.0813. The number of nitrogens with zero attached hydrogens (tertiary/aromatic N) is 1. The summed E-state index contributed by atoms with van der Waals surface area (Å²) in [5, 5.41) is 3.50. The maximum Gasteiger partial charge on any atom is 0.0702 e. The Morgan fingerprint density at radius 1 is 1.32 bits per heavy atom. The van der Waals surface area contributed by atoms with Gasteiger partial charge in [0.15, 0.2) is 0 Å². The normalized spacial score (nSPS) is 30.2. The number of fused-ring (bicyclic) bond motifs is 1. The quantitative estimate of drug-likeness (QED) is 0.904. The molecule has 3 heteroatoms. The van der Waals surface area contributed by atoms with Crippen molar-refractivity contribution in [1.29, 1.82) is 0 Å². The molecule has 0 aliphatic carbocycles. The number of benzene rings is 1. The van der Waals surface area contributed by atoms with E-state index >= 15 is 0 Å². The van der Waals surface area contributed by atoms with E-state index < -0.39 is 0 Å². The van der Waals surface area contributed by atoms with Gasteiger partial charge >= 0.3 is 0 Å². The lowest BCUT2D eigenvalue weighted by Gasteiger charge is -2.33. The van der Waals surface area contributed by atoms with Crippen LogP contribution in [0.5, 0.6) is 0 Å². The monoisotopic (exact) mass is 260 g/mol. The van der Waals surface area contributed by atoms with Crippen molar-refractivity contribution in [3.63, 3.8) is 0 Å². The van der Waals surface area contributed by atoms with Gasteiger partial charge in [0.2, 0.25) is 0 Å². The van der Waals surface area contributed by atoms with E-state index in [0.717, 1.165) is 19.7 Å². The highest BCUT2D eigenvalue weighted by atomic mass is 16.5. The Kier molecular flexibility index (Phi) is 3.76. The molecule has 0 spiro atoms. The van der Waals surface area contributed by atoms with Crippen LogP contribution in [0, 0.1) is 0 Å². The average Bonchev–Trinajstić information content (AvgIpc) is 2.85. The summed E-state index contributed by atoms with van der Waals surface area (Å²) in [5.74, 6) is 0.648. The van der Waals surface area contributed by atoms with E-state index in [1.807, 2.05) is 0 Å². The third kappa shape index (κ3) is 2.63. The van der Waals surface area contributed by atoms with Crippen LogP contribution in [-0.2, 0) is 4.74 Å². The molecule has 0 radical (unpaired) electrons. The number of anilines is 1. The highest BCUT2D eigenvalue weighted by Crippen LogP contribution is 2.32. The van der Waals surface area contributed by atoms with Crippen molar-refractivity contribution >= 4 is 5.69 Å². The molecule has 1 aromatic rings. The summed E-state index contributed by atoms with van der Waals surface area (Å²) in [5.41, 5.74) is 2.80. The molecule has 2 aliphatic rings. The van der Waals surface area contributed by atoms with Crippen molar-refractivity contribution in [3.8, 4) is 0 Å². The van der Waals surface area contributed by atoms with Gasteiger partial charge in [-0.1, -0.05) is 18.2 Å². The zero-order valence-electron chi connectivity index (χ0n) is 11.9. The minimum Gasteiger partial charge on any atom is -0.385 e. The largest absolute Gasteiger partial charge is 0.385 e. The summed E-state index contributed by atoms with van der Waals surface area (Å²) in [4.78, 5) is 2.50. The van der Waals surface area contributed by atoms with Gasteiger partial charge in [0.1, 0.15) is 0 Å². The first-order valence-electron chi connectivity index (χ1n) is 7.40. The van der Waals surface area contributed by atoms with Gasteiger partial charge in [-0.3, -0.25) is 0 Å². The number of nitrogens with one attached hydrogen (secondary N) is 1. The van der Waals surface area contributed by atoms with E-state index in [-0.39, 0.29) is 0 Å². The third-order valence-corrected chi connectivity index (χ3v) is 4.62. The summed E-state index contributed by atoms with van der Waals surface area (Å²) in [7, 11) is 2.25. The Hall–Kier alpha value is -1.06. The van der Waals surface area contributed by atoms with Gasteiger partial charge < -0.3 is 15.0 Å². The number of hydrogen-bond donors (Lipinski definition) is 1. The molecule has 2 aliphatic heterocycles. The van der Waals surface area contributed by atoms with E-state index in [9.17, 15) is 0 Å². The van der Waals surface area contributed by atoms with Gasteiger partial charge in [-0.2, -0.15) is 0 Å². The van der Waals surface area contributed by atoms with Crippen LogP contribution in [-0.4, -0.2) is 43.8 Å². The summed E-state index contributed by atoms with van der Waals surface area (Å²) in [6.07, 6.45) is 2.77. The second kappa shape index (κ2) is 5.51. The fourth-order valence-corrected chi connectivity index (χ4v) is 3.52. The van der Waals surface area contributed by atoms with Crippen LogP contribution in [0.4, 0.5) is 5.69 Å². The lowest BCUT2D eigenvalue weighted by Crippen LogP contribution is -2.40. The van der Waals surface area contributed by atoms with E-state index in [1.165, 1.54) is 24.1 Å². The van der Waals surface area contributed by atoms with Crippen LogP contribution in [0.25, 0.3) is 0 Å². The average molecular weight is 260 g/mol. The summed E-state index contributed by atoms with van der Waals surface area (Å²) in [6, 6.07) is 9.32. The van der Waals surface area contributed by atoms with Crippen molar-refractivity contribution in [2.45, 2.75) is 37.8 Å². The fourth-order valence-electron chi connectivity index (χ4n) is 3.52. The molecule has 0 aromatic heterocycles. The van der Waals surface area contributed by atoms with Gasteiger partial charge in [-0.05, 0) is 38.4 Å². The fraction of sp³-hybridized carbons (Fsp3) is 0.625. The van der Waals surface area contributed by atoms with Crippen molar-refractivity contribution in [1.82, 2.24) is 4.90 Å². The van der Waals surface area contributed by atoms with Crippen LogP contribution in [0.3, 0.4) is 0 Å². The molecule has 104 valence electrons. The van der Waals surface area contributed by atoms with Gasteiger partial charge in [0, 0.05) is 37.3 Å². The van der Waals surface area contributed by atoms with Crippen LogP contribution in [0.15, 0.2) is 24.3 Å². The molecule has 1 fully saturated rings. The molecule has 3 rings (SSSR count). The molecule has 3 unspecified atom stereocenters. The van der Waals surface area contributed by atoms with Crippen LogP contribution < -0.4 is 5.32 Å². The number of ether oxygens (including phenoxy) is 1. The molecular weight excluding hydrogens is 236 g/mol. The maximum atomic E-state index is 5.69. The van der Waals surface area contributed by atoms with Crippen molar-refractivity contribution in [2.24, 2.45) is 0 Å². The Labute approximate surface area is 115 Å². The number of para-hydroxylation sites is 1. The molecule has 0 bridgehead atoms. The van der Waals surface area contributed by atoms with Crippen molar-refractivity contribution < 1.29 is 4.74 Å². The molecule has 1 N–H and O–H groups in total. The highest BCUT2D eigenvalue weighted by Gasteiger charge is 2.30. The first-order valence-corrected chi connectivity index (χ1v) is 7.40. The lowest BCUT2D eigenvalue weighted by atomic mass is 9.90. The molecule has 0 amide bonds. The maximum absolute atomic E-state index is 5.69. The van der Waals surface area contributed by atoms with Crippen molar-refractivity contribution in [2.75, 3.05) is 32.1 Å². The van der Waals surface area contributed by atoms with Crippen LogP contribution in [0.2, 0.25) is 0 Å². The van der Waals surface area contributed by atoms with Gasteiger partial charge in [0.05, 0.1) is 6.10 Å². The zero-order chi connectivity index (χ0) is 13.2. The Morgan fingerprint density at radius 3 is 2.95 bits per heavy atom. The van der Waals surface area contributed by atoms with Crippen LogP contribution >= 0.6 is 0 Å². The minimum absolute atomic E-state index is 0.377. The first kappa shape index (κ1) is 12.9. The minimum atomic E-state index is 0.377. The van der Waals surface area contributed by atoms with E-state index in [4.69, 9.17) is 4.74 Å². The summed E-state index contributed by atoms with van der Waals surface area (Å²) in [6.45, 7) is 5.34. The molecule has 0 saturated carbocycles. The van der Waals surface area contributed by atoms with E-state index in [2.05, 4.69) is 48.5 Å². The summed E-state index contributed by atoms with van der Waals surface area (Å²) < 4.78 is 5.69. The zero-order valence-corrected chi connectivity index (χ0v) is 11.9. The Balaban J connectivity index is 1.70. The Bertz CT molecular complexity index is 435. The Morgan fingerprint density at radius 2 is 2.16 bits per heavy atom. The molecule has 1 saturated heterocycles. The smallest absolute Gasteiger partial charge is 0.0702 e. The molecule has 19 heavy (non-hydrogen) atoms. The standard InChI is InChI=1S/C16H24N2O/c1-12-16(8-10-19-12)18(2)11-13-7-9-17-15-6-4-3-5-14(13)15/h3-6,12-13,16-17H,7-11H2,1-2H3. The summed E-state index contributed by atoms with van der Waals surface area (Å²) >= 11 is 0. The predicted molar refractivity (Wildman–Crippen MR) is 78.7 cm³/mol. The second-order valence-electron chi connectivity index (χ2n) is 5.87. The second-order valence-corrected chi connectivity index (χ2v) is 5.87. The predicted octanol–water partition coefficient (Wildman–Crippen LogP) is 2.70. The number of hydrogen-bond acceptors (Lipinski definition) is 3. The van der Waals surface area contributed by atoms with Gasteiger partial charge in [-0.15, -0.1) is 0 Å². The molecule has 3 atom stereocenters. The van der Waals surface area contributed by atoms with Crippen LogP contribution in [0.1, 0.15) is 31.2 Å².